The summed E-state index contributed by atoms with van der Waals surface area (Å²) in [6.45, 7) is 1.22. The summed E-state index contributed by atoms with van der Waals surface area (Å²) >= 11 is 6.11. The van der Waals surface area contributed by atoms with Gasteiger partial charge in [0.1, 0.15) is 15.5 Å². The van der Waals surface area contributed by atoms with Gasteiger partial charge in [-0.15, -0.1) is 11.3 Å². The average Bonchev–Trinajstić information content (AvgIpc) is 3.24. The third-order valence-corrected chi connectivity index (χ3v) is 8.12. The van der Waals surface area contributed by atoms with E-state index in [0.717, 1.165) is 22.8 Å². The van der Waals surface area contributed by atoms with Crippen LogP contribution >= 0.6 is 39.0 Å². The van der Waals surface area contributed by atoms with Crippen LogP contribution in [-0.2, 0) is 16.6 Å². The molecular weight excluding hydrogens is 448 g/mol. The van der Waals surface area contributed by atoms with Crippen molar-refractivity contribution >= 4 is 55.0 Å². The summed E-state index contributed by atoms with van der Waals surface area (Å²) in [7, 11) is -2.01. The van der Waals surface area contributed by atoms with E-state index in [0.29, 0.717) is 23.5 Å². The van der Waals surface area contributed by atoms with Crippen molar-refractivity contribution < 1.29 is 17.6 Å². The highest BCUT2D eigenvalue weighted by Gasteiger charge is 2.32. The Morgan fingerprint density at radius 1 is 1.32 bits per heavy atom. The van der Waals surface area contributed by atoms with Crippen molar-refractivity contribution in [2.45, 2.75) is 11.4 Å². The second-order valence-corrected chi connectivity index (χ2v) is 10.3. The molecule has 25 heavy (non-hydrogen) atoms. The SMILES string of the molecule is CN(Cc1ccc(Br)o1)C(=O)c1sccc1S(=O)(=O)N1CCSCC1. The van der Waals surface area contributed by atoms with Gasteiger partial charge in [0.2, 0.25) is 10.0 Å². The molecule has 2 aromatic rings. The predicted molar refractivity (Wildman–Crippen MR) is 103 cm³/mol. The van der Waals surface area contributed by atoms with Gasteiger partial charge < -0.3 is 9.32 Å². The maximum absolute atomic E-state index is 12.9. The first-order chi connectivity index (χ1) is 11.9. The summed E-state index contributed by atoms with van der Waals surface area (Å²) in [6, 6.07) is 5.04. The molecule has 0 aromatic carbocycles. The van der Waals surface area contributed by atoms with Crippen LogP contribution in [0.5, 0.6) is 0 Å². The van der Waals surface area contributed by atoms with Crippen molar-refractivity contribution in [1.82, 2.24) is 9.21 Å². The molecule has 1 amide bonds. The van der Waals surface area contributed by atoms with Gasteiger partial charge in [-0.25, -0.2) is 8.42 Å². The van der Waals surface area contributed by atoms with Gasteiger partial charge in [0.05, 0.1) is 6.54 Å². The number of hydrogen-bond acceptors (Lipinski definition) is 6. The summed E-state index contributed by atoms with van der Waals surface area (Å²) in [5.41, 5.74) is 0. The maximum atomic E-state index is 12.9. The van der Waals surface area contributed by atoms with Gasteiger partial charge in [-0.3, -0.25) is 4.79 Å². The fraction of sp³-hybridized carbons (Fsp3) is 0.400. The van der Waals surface area contributed by atoms with Crippen LogP contribution in [0, 0.1) is 0 Å². The minimum absolute atomic E-state index is 0.0990. The molecule has 0 N–H and O–H groups in total. The van der Waals surface area contributed by atoms with Gasteiger partial charge in [-0.1, -0.05) is 0 Å². The van der Waals surface area contributed by atoms with Crippen molar-refractivity contribution in [3.63, 3.8) is 0 Å². The molecule has 0 saturated carbocycles. The number of thioether (sulfide) groups is 1. The smallest absolute Gasteiger partial charge is 0.265 e. The van der Waals surface area contributed by atoms with Crippen LogP contribution in [0.4, 0.5) is 0 Å². The molecule has 1 fully saturated rings. The number of halogens is 1. The second kappa shape index (κ2) is 7.83. The predicted octanol–water partition coefficient (Wildman–Crippen LogP) is 3.11. The van der Waals surface area contributed by atoms with Crippen molar-refractivity contribution in [1.29, 1.82) is 0 Å². The van der Waals surface area contributed by atoms with Crippen molar-refractivity contribution in [2.24, 2.45) is 0 Å². The summed E-state index contributed by atoms with van der Waals surface area (Å²) in [4.78, 5) is 14.6. The largest absolute Gasteiger partial charge is 0.452 e. The third-order valence-electron chi connectivity index (χ3n) is 3.78. The van der Waals surface area contributed by atoms with Crippen LogP contribution in [-0.4, -0.2) is 55.2 Å². The highest BCUT2D eigenvalue weighted by atomic mass is 79.9. The Morgan fingerprint density at radius 2 is 2.04 bits per heavy atom. The van der Waals surface area contributed by atoms with E-state index >= 15 is 0 Å². The molecule has 0 radical (unpaired) electrons. The van der Waals surface area contributed by atoms with Crippen LogP contribution in [0.15, 0.2) is 37.6 Å². The van der Waals surface area contributed by atoms with Crippen LogP contribution in [0.2, 0.25) is 0 Å². The van der Waals surface area contributed by atoms with E-state index in [1.54, 1.807) is 36.3 Å². The molecule has 2 aromatic heterocycles. The lowest BCUT2D eigenvalue weighted by Gasteiger charge is -2.26. The fourth-order valence-corrected chi connectivity index (χ4v) is 6.80. The highest BCUT2D eigenvalue weighted by molar-refractivity contribution is 9.10. The van der Waals surface area contributed by atoms with Gasteiger partial charge in [0.25, 0.3) is 5.91 Å². The fourth-order valence-electron chi connectivity index (χ4n) is 2.50. The normalized spacial score (nSPS) is 16.1. The Hall–Kier alpha value is -0.810. The van der Waals surface area contributed by atoms with Crippen molar-refractivity contribution in [3.8, 4) is 0 Å². The molecule has 0 bridgehead atoms. The van der Waals surface area contributed by atoms with Crippen LogP contribution in [0.25, 0.3) is 0 Å². The van der Waals surface area contributed by atoms with E-state index in [1.807, 2.05) is 0 Å². The second-order valence-electron chi connectivity index (χ2n) is 5.50. The first-order valence-electron chi connectivity index (χ1n) is 7.54. The van der Waals surface area contributed by atoms with E-state index in [-0.39, 0.29) is 22.2 Å². The molecule has 1 aliphatic heterocycles. The van der Waals surface area contributed by atoms with E-state index in [4.69, 9.17) is 4.42 Å². The number of hydrogen-bond donors (Lipinski definition) is 0. The highest BCUT2D eigenvalue weighted by Crippen LogP contribution is 2.28. The Labute approximate surface area is 163 Å². The summed E-state index contributed by atoms with van der Waals surface area (Å²) in [5, 5.41) is 1.65. The first-order valence-corrected chi connectivity index (χ1v) is 11.8. The molecule has 136 valence electrons. The molecule has 0 unspecified atom stereocenters. The number of furan rings is 1. The van der Waals surface area contributed by atoms with Crippen molar-refractivity contribution in [2.75, 3.05) is 31.6 Å². The number of nitrogens with zero attached hydrogens (tertiary/aromatic N) is 2. The quantitative estimate of drug-likeness (QED) is 0.679. The van der Waals surface area contributed by atoms with Crippen LogP contribution in [0.1, 0.15) is 15.4 Å². The van der Waals surface area contributed by atoms with Gasteiger partial charge in [-0.05, 0) is 39.5 Å². The van der Waals surface area contributed by atoms with Gasteiger partial charge in [0.15, 0.2) is 4.67 Å². The Balaban J connectivity index is 1.81. The topological polar surface area (TPSA) is 70.8 Å². The zero-order chi connectivity index (χ0) is 18.0. The van der Waals surface area contributed by atoms with Gasteiger partial charge >= 0.3 is 0 Å². The van der Waals surface area contributed by atoms with E-state index in [1.165, 1.54) is 15.3 Å². The number of amides is 1. The van der Waals surface area contributed by atoms with Crippen LogP contribution < -0.4 is 0 Å². The third kappa shape index (κ3) is 4.13. The minimum atomic E-state index is -3.64. The molecule has 0 atom stereocenters. The maximum Gasteiger partial charge on any atom is 0.265 e. The number of thiophene rings is 1. The molecule has 3 rings (SSSR count). The number of carbonyl (C=O) groups excluding carboxylic acids is 1. The molecule has 0 aliphatic carbocycles. The molecule has 1 saturated heterocycles. The lowest BCUT2D eigenvalue weighted by molar-refractivity contribution is 0.0776. The molecule has 3 heterocycles. The van der Waals surface area contributed by atoms with E-state index in [2.05, 4.69) is 15.9 Å². The first kappa shape index (κ1) is 19.0. The Bertz CT molecular complexity index is 856. The lowest BCUT2D eigenvalue weighted by Crippen LogP contribution is -2.38. The Morgan fingerprint density at radius 3 is 2.68 bits per heavy atom. The molecule has 1 aliphatic rings. The number of rotatable bonds is 5. The lowest BCUT2D eigenvalue weighted by atomic mass is 10.3. The van der Waals surface area contributed by atoms with Gasteiger partial charge in [0, 0.05) is 31.6 Å². The van der Waals surface area contributed by atoms with Crippen LogP contribution in [0.3, 0.4) is 0 Å². The summed E-state index contributed by atoms with van der Waals surface area (Å²) < 4.78 is 33.2. The zero-order valence-electron chi connectivity index (χ0n) is 13.5. The number of carbonyl (C=O) groups is 1. The standard InChI is InChI=1S/C15H17BrN2O4S3/c1-17(10-11-2-3-13(16)22-11)15(19)14-12(4-7-24-14)25(20,21)18-5-8-23-9-6-18/h2-4,7H,5-6,8-10H2,1H3. The van der Waals surface area contributed by atoms with Gasteiger partial charge in [-0.2, -0.15) is 16.1 Å². The molecule has 6 nitrogen and oxygen atoms in total. The Kier molecular flexibility index (Phi) is 5.94. The minimum Gasteiger partial charge on any atom is -0.452 e. The monoisotopic (exact) mass is 464 g/mol. The van der Waals surface area contributed by atoms with E-state index < -0.39 is 10.0 Å². The van der Waals surface area contributed by atoms with Crippen molar-refractivity contribution in [3.05, 3.63) is 38.9 Å². The number of sulfonamides is 1. The molecule has 10 heteroatoms. The van der Waals surface area contributed by atoms with E-state index in [9.17, 15) is 13.2 Å². The average molecular weight is 465 g/mol. The zero-order valence-corrected chi connectivity index (χ0v) is 17.5. The molecular formula is C15H17BrN2O4S3. The summed E-state index contributed by atoms with van der Waals surface area (Å²) in [6.07, 6.45) is 0. The molecule has 0 spiro atoms. The summed E-state index contributed by atoms with van der Waals surface area (Å²) in [5.74, 6) is 1.85.